The molecule has 88 valence electrons. The largest absolute Gasteiger partial charge is 0.497 e. The summed E-state index contributed by atoms with van der Waals surface area (Å²) < 4.78 is 5.11. The van der Waals surface area contributed by atoms with Crippen molar-refractivity contribution in [2.45, 2.75) is 12.8 Å². The van der Waals surface area contributed by atoms with E-state index in [-0.39, 0.29) is 0 Å². The Balaban J connectivity index is 2.15. The van der Waals surface area contributed by atoms with Crippen LogP contribution in [-0.4, -0.2) is 18.4 Å². The van der Waals surface area contributed by atoms with E-state index in [0.29, 0.717) is 6.42 Å². The number of thiazole rings is 1. The Bertz CT molecular complexity index is 490. The van der Waals surface area contributed by atoms with Crippen molar-refractivity contribution < 1.29 is 9.53 Å². The molecule has 4 heteroatoms. The van der Waals surface area contributed by atoms with Gasteiger partial charge in [0.05, 0.1) is 12.8 Å². The molecule has 0 fully saturated rings. The van der Waals surface area contributed by atoms with Gasteiger partial charge in [-0.3, -0.25) is 0 Å². The maximum atomic E-state index is 10.3. The van der Waals surface area contributed by atoms with Gasteiger partial charge in [-0.2, -0.15) is 0 Å². The Hall–Kier alpha value is -1.68. The molecular formula is C13H13NO2S. The first kappa shape index (κ1) is 11.8. The van der Waals surface area contributed by atoms with Crippen LogP contribution >= 0.6 is 11.3 Å². The highest BCUT2D eigenvalue weighted by Crippen LogP contribution is 2.25. The minimum Gasteiger partial charge on any atom is -0.497 e. The number of aryl methyl sites for hydroxylation is 1. The highest BCUT2D eigenvalue weighted by molar-refractivity contribution is 7.13. The van der Waals surface area contributed by atoms with Crippen LogP contribution in [0.5, 0.6) is 5.75 Å². The van der Waals surface area contributed by atoms with Gasteiger partial charge in [-0.25, -0.2) is 4.98 Å². The van der Waals surface area contributed by atoms with Crippen molar-refractivity contribution in [2.24, 2.45) is 0 Å². The summed E-state index contributed by atoms with van der Waals surface area (Å²) in [6, 6.07) is 7.81. The molecule has 0 bridgehead atoms. The molecule has 0 atom stereocenters. The highest BCUT2D eigenvalue weighted by atomic mass is 32.1. The lowest BCUT2D eigenvalue weighted by molar-refractivity contribution is -0.107. The lowest BCUT2D eigenvalue weighted by Gasteiger charge is -2.00. The standard InChI is InChI=1S/C13H13NO2S/c1-16-12-6-4-10(5-7-12)13-14-11(9-17-13)3-2-8-15/h4-9H,2-3H2,1H3. The Labute approximate surface area is 104 Å². The second-order valence-corrected chi connectivity index (χ2v) is 4.44. The number of nitrogens with zero attached hydrogens (tertiary/aromatic N) is 1. The van der Waals surface area contributed by atoms with E-state index in [9.17, 15) is 4.79 Å². The van der Waals surface area contributed by atoms with Crippen LogP contribution in [0.1, 0.15) is 12.1 Å². The van der Waals surface area contributed by atoms with E-state index in [0.717, 1.165) is 34.7 Å². The average molecular weight is 247 g/mol. The van der Waals surface area contributed by atoms with Crippen molar-refractivity contribution in [3.8, 4) is 16.3 Å². The normalized spacial score (nSPS) is 10.2. The zero-order valence-corrected chi connectivity index (χ0v) is 10.4. The van der Waals surface area contributed by atoms with Gasteiger partial charge in [0.2, 0.25) is 0 Å². The molecule has 1 heterocycles. The molecule has 0 amide bonds. The molecule has 0 N–H and O–H groups in total. The summed E-state index contributed by atoms with van der Waals surface area (Å²) in [6.45, 7) is 0. The van der Waals surface area contributed by atoms with Gasteiger partial charge in [0.1, 0.15) is 17.0 Å². The summed E-state index contributed by atoms with van der Waals surface area (Å²) in [7, 11) is 1.65. The number of methoxy groups -OCH3 is 1. The molecule has 1 aromatic carbocycles. The smallest absolute Gasteiger partial charge is 0.123 e. The number of benzene rings is 1. The Morgan fingerprint density at radius 2 is 2.12 bits per heavy atom. The predicted octanol–water partition coefficient (Wildman–Crippen LogP) is 2.95. The van der Waals surface area contributed by atoms with Crippen molar-refractivity contribution in [3.05, 3.63) is 35.3 Å². The number of ether oxygens (including phenoxy) is 1. The molecule has 0 saturated carbocycles. The van der Waals surface area contributed by atoms with Gasteiger partial charge in [0.15, 0.2) is 0 Å². The summed E-state index contributed by atoms with van der Waals surface area (Å²) in [4.78, 5) is 14.8. The monoisotopic (exact) mass is 247 g/mol. The van der Waals surface area contributed by atoms with E-state index < -0.39 is 0 Å². The number of hydrogen-bond acceptors (Lipinski definition) is 4. The highest BCUT2D eigenvalue weighted by Gasteiger charge is 2.04. The van der Waals surface area contributed by atoms with Gasteiger partial charge in [-0.15, -0.1) is 11.3 Å². The van der Waals surface area contributed by atoms with Crippen molar-refractivity contribution in [1.82, 2.24) is 4.98 Å². The van der Waals surface area contributed by atoms with Gasteiger partial charge in [-0.05, 0) is 30.7 Å². The summed E-state index contributed by atoms with van der Waals surface area (Å²) in [6.07, 6.45) is 2.17. The van der Waals surface area contributed by atoms with E-state index >= 15 is 0 Å². The number of hydrogen-bond donors (Lipinski definition) is 0. The SMILES string of the molecule is COc1ccc(-c2nc(CCC=O)cs2)cc1. The van der Waals surface area contributed by atoms with E-state index in [2.05, 4.69) is 4.98 Å². The van der Waals surface area contributed by atoms with Crippen molar-refractivity contribution in [2.75, 3.05) is 7.11 Å². The lowest BCUT2D eigenvalue weighted by atomic mass is 10.2. The quantitative estimate of drug-likeness (QED) is 0.762. The Morgan fingerprint density at radius 1 is 1.35 bits per heavy atom. The first-order valence-electron chi connectivity index (χ1n) is 5.36. The zero-order chi connectivity index (χ0) is 12.1. The molecule has 0 unspecified atom stereocenters. The molecule has 1 aromatic heterocycles. The maximum absolute atomic E-state index is 10.3. The summed E-state index contributed by atoms with van der Waals surface area (Å²) >= 11 is 1.60. The third-order valence-electron chi connectivity index (χ3n) is 2.41. The second-order valence-electron chi connectivity index (χ2n) is 3.58. The predicted molar refractivity (Wildman–Crippen MR) is 68.5 cm³/mol. The third kappa shape index (κ3) is 2.91. The van der Waals surface area contributed by atoms with E-state index in [1.807, 2.05) is 29.6 Å². The fourth-order valence-corrected chi connectivity index (χ4v) is 2.36. The molecule has 0 spiro atoms. The maximum Gasteiger partial charge on any atom is 0.123 e. The number of rotatable bonds is 5. The van der Waals surface area contributed by atoms with Crippen LogP contribution in [0, 0.1) is 0 Å². The minimum atomic E-state index is 0.534. The summed E-state index contributed by atoms with van der Waals surface area (Å²) in [5.74, 6) is 0.839. The topological polar surface area (TPSA) is 39.2 Å². The molecule has 0 aliphatic heterocycles. The van der Waals surface area contributed by atoms with Gasteiger partial charge < -0.3 is 9.53 Å². The van der Waals surface area contributed by atoms with Crippen LogP contribution < -0.4 is 4.74 Å². The molecule has 0 radical (unpaired) electrons. The van der Waals surface area contributed by atoms with Gasteiger partial charge in [0.25, 0.3) is 0 Å². The molecular weight excluding hydrogens is 234 g/mol. The molecule has 0 aliphatic carbocycles. The van der Waals surface area contributed by atoms with Gasteiger partial charge in [0, 0.05) is 17.4 Å². The minimum absolute atomic E-state index is 0.534. The number of carbonyl (C=O) groups is 1. The van der Waals surface area contributed by atoms with Gasteiger partial charge >= 0.3 is 0 Å². The molecule has 2 rings (SSSR count). The number of aldehydes is 1. The van der Waals surface area contributed by atoms with E-state index in [4.69, 9.17) is 4.74 Å². The molecule has 17 heavy (non-hydrogen) atoms. The summed E-state index contributed by atoms with van der Waals surface area (Å²) in [5, 5.41) is 2.98. The van der Waals surface area contributed by atoms with Crippen LogP contribution in [0.15, 0.2) is 29.6 Å². The fraction of sp³-hybridized carbons (Fsp3) is 0.231. The lowest BCUT2D eigenvalue weighted by Crippen LogP contribution is -1.86. The summed E-state index contributed by atoms with van der Waals surface area (Å²) in [5.41, 5.74) is 2.06. The van der Waals surface area contributed by atoms with Crippen LogP contribution in [-0.2, 0) is 11.2 Å². The van der Waals surface area contributed by atoms with Crippen molar-refractivity contribution in [3.63, 3.8) is 0 Å². The Morgan fingerprint density at radius 3 is 2.76 bits per heavy atom. The van der Waals surface area contributed by atoms with E-state index in [1.165, 1.54) is 0 Å². The fourth-order valence-electron chi connectivity index (χ4n) is 1.49. The first-order chi connectivity index (χ1) is 8.33. The first-order valence-corrected chi connectivity index (χ1v) is 6.24. The van der Waals surface area contributed by atoms with Crippen molar-refractivity contribution in [1.29, 1.82) is 0 Å². The number of carbonyl (C=O) groups excluding carboxylic acids is 1. The molecule has 0 aliphatic rings. The van der Waals surface area contributed by atoms with E-state index in [1.54, 1.807) is 18.4 Å². The third-order valence-corrected chi connectivity index (χ3v) is 3.35. The molecule has 2 aromatic rings. The second kappa shape index (κ2) is 5.59. The molecule has 3 nitrogen and oxygen atoms in total. The zero-order valence-electron chi connectivity index (χ0n) is 9.55. The van der Waals surface area contributed by atoms with Crippen LogP contribution in [0.2, 0.25) is 0 Å². The molecule has 0 saturated heterocycles. The average Bonchev–Trinajstić information content (AvgIpc) is 2.85. The van der Waals surface area contributed by atoms with Crippen LogP contribution in [0.4, 0.5) is 0 Å². The Kier molecular flexibility index (Phi) is 3.88. The van der Waals surface area contributed by atoms with Gasteiger partial charge in [-0.1, -0.05) is 0 Å². The van der Waals surface area contributed by atoms with Crippen LogP contribution in [0.3, 0.4) is 0 Å². The van der Waals surface area contributed by atoms with Crippen LogP contribution in [0.25, 0.3) is 10.6 Å². The number of aromatic nitrogens is 1. The van der Waals surface area contributed by atoms with Crippen molar-refractivity contribution >= 4 is 17.6 Å².